The summed E-state index contributed by atoms with van der Waals surface area (Å²) in [7, 11) is 0. The quantitative estimate of drug-likeness (QED) is 0.549. The molecule has 0 aliphatic heterocycles. The van der Waals surface area contributed by atoms with E-state index in [0.717, 1.165) is 11.6 Å². The van der Waals surface area contributed by atoms with Gasteiger partial charge < -0.3 is 5.32 Å². The zero-order valence-electron chi connectivity index (χ0n) is 14.4. The zero-order valence-corrected chi connectivity index (χ0v) is 15.2. The molecule has 0 unspecified atom stereocenters. The van der Waals surface area contributed by atoms with Crippen LogP contribution in [0.4, 0.5) is 18.9 Å². The molecule has 0 saturated heterocycles. The van der Waals surface area contributed by atoms with Crippen molar-refractivity contribution < 1.29 is 18.0 Å². The average Bonchev–Trinajstić information content (AvgIpc) is 3.29. The van der Waals surface area contributed by atoms with Gasteiger partial charge in [0, 0.05) is 5.69 Å². The molecule has 0 aliphatic carbocycles. The summed E-state index contributed by atoms with van der Waals surface area (Å²) in [6, 6.07) is 11.3. The van der Waals surface area contributed by atoms with Crippen LogP contribution < -0.4 is 5.32 Å². The van der Waals surface area contributed by atoms with E-state index in [9.17, 15) is 18.0 Å². The number of carbonyl (C=O) groups is 1. The molecule has 4 aromatic rings. The summed E-state index contributed by atoms with van der Waals surface area (Å²) in [5, 5.41) is 8.05. The lowest BCUT2D eigenvalue weighted by Gasteiger charge is -2.09. The molecule has 0 saturated carbocycles. The fourth-order valence-corrected chi connectivity index (χ4v) is 3.31. The third-order valence-corrected chi connectivity index (χ3v) is 4.75. The van der Waals surface area contributed by atoms with Crippen LogP contribution in [0.15, 0.2) is 47.8 Å². The van der Waals surface area contributed by atoms with E-state index in [4.69, 9.17) is 0 Å². The molecule has 0 fully saturated rings. The maximum Gasteiger partial charge on any atom is 0.433 e. The summed E-state index contributed by atoms with van der Waals surface area (Å²) in [4.78, 5) is 21.0. The Hall–Kier alpha value is -3.27. The number of hydrogen-bond donors (Lipinski definition) is 1. The number of halogens is 3. The molecule has 10 heteroatoms. The van der Waals surface area contributed by atoms with Gasteiger partial charge >= 0.3 is 6.18 Å². The molecule has 1 aromatic carbocycles. The molecule has 0 bridgehead atoms. The molecule has 0 radical (unpaired) electrons. The van der Waals surface area contributed by atoms with Crippen LogP contribution in [-0.4, -0.2) is 25.5 Å². The molecule has 0 aliphatic rings. The van der Waals surface area contributed by atoms with Gasteiger partial charge in [0.25, 0.3) is 11.7 Å². The number of nitrogens with zero attached hydrogens (tertiary/aromatic N) is 4. The summed E-state index contributed by atoms with van der Waals surface area (Å²) in [5.41, 5.74) is 0.477. The number of aryl methyl sites for hydroxylation is 1. The van der Waals surface area contributed by atoms with E-state index in [0.29, 0.717) is 15.1 Å². The number of hydrogen-bond acceptors (Lipinski definition) is 5. The molecule has 1 amide bonds. The van der Waals surface area contributed by atoms with Gasteiger partial charge in [-0.05, 0) is 42.1 Å². The number of fused-ring (bicyclic) bond motifs is 1. The lowest BCUT2D eigenvalue weighted by atomic mass is 10.2. The van der Waals surface area contributed by atoms with Gasteiger partial charge in [-0.3, -0.25) is 4.79 Å². The number of aromatic nitrogens is 4. The minimum Gasteiger partial charge on any atom is -0.319 e. The Labute approximate surface area is 160 Å². The Kier molecular flexibility index (Phi) is 4.34. The topological polar surface area (TPSA) is 72.2 Å². The van der Waals surface area contributed by atoms with Crippen LogP contribution in [-0.2, 0) is 6.18 Å². The Balaban J connectivity index is 1.78. The first-order valence-electron chi connectivity index (χ1n) is 8.08. The normalized spacial score (nSPS) is 11.7. The lowest BCUT2D eigenvalue weighted by Crippen LogP contribution is -2.16. The molecule has 28 heavy (non-hydrogen) atoms. The van der Waals surface area contributed by atoms with Crippen molar-refractivity contribution in [1.29, 1.82) is 0 Å². The highest BCUT2D eigenvalue weighted by Gasteiger charge is 2.36. The fourth-order valence-electron chi connectivity index (χ4n) is 2.63. The van der Waals surface area contributed by atoms with E-state index < -0.39 is 23.6 Å². The van der Waals surface area contributed by atoms with E-state index in [1.807, 2.05) is 13.0 Å². The summed E-state index contributed by atoms with van der Waals surface area (Å²) >= 11 is 1.25. The molecule has 3 aromatic heterocycles. The number of amides is 1. The lowest BCUT2D eigenvalue weighted by molar-refractivity contribution is -0.142. The second-order valence-electron chi connectivity index (χ2n) is 5.97. The second kappa shape index (κ2) is 6.71. The van der Waals surface area contributed by atoms with E-state index in [1.165, 1.54) is 11.3 Å². The number of anilines is 1. The van der Waals surface area contributed by atoms with Gasteiger partial charge in [0.1, 0.15) is 0 Å². The fraction of sp³-hybridized carbons (Fsp3) is 0.111. The van der Waals surface area contributed by atoms with Crippen LogP contribution in [0.25, 0.3) is 16.3 Å². The van der Waals surface area contributed by atoms with Crippen LogP contribution >= 0.6 is 11.3 Å². The van der Waals surface area contributed by atoms with Crippen molar-refractivity contribution in [3.8, 4) is 10.6 Å². The summed E-state index contributed by atoms with van der Waals surface area (Å²) < 4.78 is 41.1. The van der Waals surface area contributed by atoms with E-state index in [2.05, 4.69) is 20.4 Å². The highest BCUT2D eigenvalue weighted by atomic mass is 32.1. The van der Waals surface area contributed by atoms with Gasteiger partial charge in [-0.2, -0.15) is 22.7 Å². The predicted molar refractivity (Wildman–Crippen MR) is 98.2 cm³/mol. The van der Waals surface area contributed by atoms with Gasteiger partial charge in [-0.25, -0.2) is 4.98 Å². The number of alkyl halides is 3. The van der Waals surface area contributed by atoms with Crippen LogP contribution in [0.3, 0.4) is 0 Å². The average molecular weight is 403 g/mol. The Morgan fingerprint density at radius 3 is 2.64 bits per heavy atom. The van der Waals surface area contributed by atoms with Crippen LogP contribution in [0, 0.1) is 6.92 Å². The molecular formula is C18H12F3N5OS. The van der Waals surface area contributed by atoms with Crippen molar-refractivity contribution in [2.45, 2.75) is 13.1 Å². The molecule has 0 atom stereocenters. The Morgan fingerprint density at radius 2 is 1.96 bits per heavy atom. The number of thiophene rings is 1. The van der Waals surface area contributed by atoms with Gasteiger partial charge in [-0.1, -0.05) is 18.2 Å². The van der Waals surface area contributed by atoms with Gasteiger partial charge in [0.2, 0.25) is 5.82 Å². The standard InChI is InChI=1S/C18H12F3N5OS/c1-10-4-2-5-11(8-10)22-16(27)15-24-17-23-12(13-6-3-7-28-13)9-14(18(19,20)21)26(17)25-15/h2-9H,1H3,(H,22,27). The van der Waals surface area contributed by atoms with Gasteiger partial charge in [0.15, 0.2) is 5.69 Å². The molecule has 1 N–H and O–H groups in total. The van der Waals surface area contributed by atoms with E-state index in [-0.39, 0.29) is 11.5 Å². The maximum absolute atomic E-state index is 13.5. The second-order valence-corrected chi connectivity index (χ2v) is 6.92. The molecule has 4 rings (SSSR count). The van der Waals surface area contributed by atoms with Crippen molar-refractivity contribution >= 4 is 28.7 Å². The zero-order chi connectivity index (χ0) is 19.9. The summed E-state index contributed by atoms with van der Waals surface area (Å²) in [5.74, 6) is -1.42. The predicted octanol–water partition coefficient (Wildman–Crippen LogP) is 4.43. The monoisotopic (exact) mass is 403 g/mol. The molecular weight excluding hydrogens is 391 g/mol. The first-order chi connectivity index (χ1) is 13.3. The van der Waals surface area contributed by atoms with Crippen LogP contribution in [0.2, 0.25) is 0 Å². The smallest absolute Gasteiger partial charge is 0.319 e. The van der Waals surface area contributed by atoms with Gasteiger partial charge in [-0.15, -0.1) is 16.4 Å². The first kappa shape index (κ1) is 18.1. The highest BCUT2D eigenvalue weighted by Crippen LogP contribution is 2.33. The van der Waals surface area contributed by atoms with E-state index in [1.54, 1.807) is 35.7 Å². The first-order valence-corrected chi connectivity index (χ1v) is 8.96. The highest BCUT2D eigenvalue weighted by molar-refractivity contribution is 7.13. The van der Waals surface area contributed by atoms with Gasteiger partial charge in [0.05, 0.1) is 10.6 Å². The molecule has 6 nitrogen and oxygen atoms in total. The maximum atomic E-state index is 13.5. The Bertz CT molecular complexity index is 1170. The van der Waals surface area contributed by atoms with Crippen molar-refractivity contribution in [2.24, 2.45) is 0 Å². The number of rotatable bonds is 3. The van der Waals surface area contributed by atoms with E-state index >= 15 is 0 Å². The largest absolute Gasteiger partial charge is 0.433 e. The minimum atomic E-state index is -4.69. The number of nitrogens with one attached hydrogen (secondary N) is 1. The third kappa shape index (κ3) is 3.46. The Morgan fingerprint density at radius 1 is 1.14 bits per heavy atom. The minimum absolute atomic E-state index is 0.118. The van der Waals surface area contributed by atoms with Crippen LogP contribution in [0.1, 0.15) is 21.9 Å². The molecule has 3 heterocycles. The number of carbonyl (C=O) groups excluding carboxylic acids is 1. The third-order valence-electron chi connectivity index (χ3n) is 3.86. The number of benzene rings is 1. The summed E-state index contributed by atoms with van der Waals surface area (Å²) in [6.07, 6.45) is -4.69. The van der Waals surface area contributed by atoms with Crippen molar-refractivity contribution in [3.63, 3.8) is 0 Å². The van der Waals surface area contributed by atoms with Crippen LogP contribution in [0.5, 0.6) is 0 Å². The molecule has 142 valence electrons. The van der Waals surface area contributed by atoms with Crippen molar-refractivity contribution in [1.82, 2.24) is 19.6 Å². The SMILES string of the molecule is Cc1cccc(NC(=O)c2nc3nc(-c4cccs4)cc(C(F)(F)F)n3n2)c1. The van der Waals surface area contributed by atoms with Crippen molar-refractivity contribution in [3.05, 3.63) is 64.9 Å². The van der Waals surface area contributed by atoms with Crippen molar-refractivity contribution in [2.75, 3.05) is 5.32 Å². The summed E-state index contributed by atoms with van der Waals surface area (Å²) in [6.45, 7) is 1.85. The molecule has 0 spiro atoms.